The van der Waals surface area contributed by atoms with Crippen molar-refractivity contribution in [2.24, 2.45) is 0 Å². The van der Waals surface area contributed by atoms with Gasteiger partial charge in [-0.15, -0.1) is 0 Å². The van der Waals surface area contributed by atoms with Crippen LogP contribution in [0.4, 0.5) is 0 Å². The number of hydrogen-bond donors (Lipinski definition) is 0. The number of unbranched alkanes of at least 4 members (excludes halogenated alkanes) is 3. The summed E-state index contributed by atoms with van der Waals surface area (Å²) in [6.07, 6.45) is 6.11. The second-order valence-corrected chi connectivity index (χ2v) is 4.10. The molecule has 1 aromatic rings. The van der Waals surface area contributed by atoms with Crippen LogP contribution in [-0.2, 0) is 0 Å². The minimum Gasteiger partial charge on any atom is -0.494 e. The molecular weight excluding hydrogens is 209 g/mol. The van der Waals surface area contributed by atoms with Gasteiger partial charge in [0.1, 0.15) is 13.0 Å². The van der Waals surface area contributed by atoms with E-state index in [1.54, 1.807) is 12.1 Å². The molecule has 0 atom stereocenters. The average Bonchev–Trinajstić information content (AvgIpc) is 2.38. The molecule has 0 aliphatic heterocycles. The Bertz CT molecular complexity index is 342. The molecule has 0 unspecified atom stereocenters. The molecule has 0 saturated carbocycles. The van der Waals surface area contributed by atoms with Gasteiger partial charge in [0.15, 0.2) is 0 Å². The molecule has 0 aliphatic carbocycles. The molecule has 0 aromatic heterocycles. The summed E-state index contributed by atoms with van der Waals surface area (Å²) in [6.45, 7) is 2.87. The average molecular weight is 228 g/mol. The Labute approximate surface area is 105 Å². The lowest BCUT2D eigenvalue weighted by Gasteiger charge is -2.05. The predicted octanol–water partition coefficient (Wildman–Crippen LogP) is 3.67. The van der Waals surface area contributed by atoms with Crippen molar-refractivity contribution in [3.63, 3.8) is 0 Å². The largest absolute Gasteiger partial charge is 0.494 e. The molecule has 0 fully saturated rings. The number of nitriles is 1. The summed E-state index contributed by atoms with van der Waals surface area (Å²) >= 11 is 0. The first-order chi connectivity index (χ1) is 8.36. The van der Waals surface area contributed by atoms with Crippen molar-refractivity contribution in [1.29, 1.82) is 5.26 Å². The highest BCUT2D eigenvalue weighted by Crippen LogP contribution is 2.12. The lowest BCUT2D eigenvalue weighted by atomic mass is 9.76. The molecule has 2 nitrogen and oxygen atoms in total. The number of benzene rings is 1. The Kier molecular flexibility index (Phi) is 6.98. The van der Waals surface area contributed by atoms with Crippen molar-refractivity contribution in [2.45, 2.75) is 38.8 Å². The Morgan fingerprint density at radius 1 is 1.12 bits per heavy atom. The van der Waals surface area contributed by atoms with Crippen LogP contribution in [0.2, 0.25) is 13.1 Å². The first kappa shape index (κ1) is 13.6. The summed E-state index contributed by atoms with van der Waals surface area (Å²) in [6, 6.07) is 9.36. The van der Waals surface area contributed by atoms with E-state index in [9.17, 15) is 0 Å². The van der Waals surface area contributed by atoms with E-state index >= 15 is 0 Å². The topological polar surface area (TPSA) is 33.0 Å². The maximum absolute atomic E-state index is 8.65. The summed E-state index contributed by atoms with van der Waals surface area (Å²) in [5.74, 6) is 0.853. The van der Waals surface area contributed by atoms with Crippen molar-refractivity contribution in [2.75, 3.05) is 6.61 Å². The van der Waals surface area contributed by atoms with Crippen molar-refractivity contribution in [3.8, 4) is 11.8 Å². The third kappa shape index (κ3) is 6.01. The molecule has 0 bridgehead atoms. The lowest BCUT2D eigenvalue weighted by Crippen LogP contribution is -1.97. The van der Waals surface area contributed by atoms with E-state index < -0.39 is 0 Å². The monoisotopic (exact) mass is 228 g/mol. The van der Waals surface area contributed by atoms with Gasteiger partial charge in [0.2, 0.25) is 0 Å². The van der Waals surface area contributed by atoms with Crippen LogP contribution in [0.15, 0.2) is 24.3 Å². The van der Waals surface area contributed by atoms with E-state index in [-0.39, 0.29) is 0 Å². The van der Waals surface area contributed by atoms with Crippen molar-refractivity contribution < 1.29 is 4.74 Å². The molecule has 1 radical (unpaired) electrons. The van der Waals surface area contributed by atoms with Crippen LogP contribution < -0.4 is 4.74 Å². The lowest BCUT2D eigenvalue weighted by molar-refractivity contribution is 0.305. The molecule has 0 aliphatic rings. The minimum absolute atomic E-state index is 0.674. The molecule has 0 heterocycles. The van der Waals surface area contributed by atoms with Gasteiger partial charge in [-0.05, 0) is 30.7 Å². The fraction of sp³-hybridized carbons (Fsp3) is 0.500. The second-order valence-electron chi connectivity index (χ2n) is 4.10. The Hall–Kier alpha value is -1.43. The van der Waals surface area contributed by atoms with Crippen LogP contribution in [0.1, 0.15) is 31.2 Å². The number of hydrogen-bond acceptors (Lipinski definition) is 2. The van der Waals surface area contributed by atoms with Gasteiger partial charge in [0, 0.05) is 0 Å². The Balaban J connectivity index is 2.08. The molecule has 1 rings (SSSR count). The van der Waals surface area contributed by atoms with Gasteiger partial charge in [-0.1, -0.05) is 32.4 Å². The smallest absolute Gasteiger partial charge is 0.119 e. The Morgan fingerprint density at radius 2 is 1.82 bits per heavy atom. The summed E-state index contributed by atoms with van der Waals surface area (Å²) in [5.41, 5.74) is 0.674. The summed E-state index contributed by atoms with van der Waals surface area (Å²) in [5, 5.41) is 8.65. The zero-order valence-electron chi connectivity index (χ0n) is 10.5. The molecular formula is C14H19BNO. The Morgan fingerprint density at radius 3 is 2.47 bits per heavy atom. The molecule has 1 aromatic carbocycles. The summed E-state index contributed by atoms with van der Waals surface area (Å²) in [4.78, 5) is 0. The first-order valence-corrected chi connectivity index (χ1v) is 6.27. The molecule has 0 N–H and O–H groups in total. The van der Waals surface area contributed by atoms with Gasteiger partial charge in [-0.25, -0.2) is 0 Å². The summed E-state index contributed by atoms with van der Waals surface area (Å²) in [7, 11) is 2.22. The third-order valence-electron chi connectivity index (χ3n) is 2.64. The number of ether oxygens (including phenoxy) is 1. The third-order valence-corrected chi connectivity index (χ3v) is 2.64. The quantitative estimate of drug-likeness (QED) is 0.502. The van der Waals surface area contributed by atoms with E-state index in [1.165, 1.54) is 25.6 Å². The highest BCUT2D eigenvalue weighted by Gasteiger charge is 1.95. The molecule has 0 amide bonds. The fourth-order valence-corrected chi connectivity index (χ4v) is 1.62. The molecule has 0 spiro atoms. The van der Waals surface area contributed by atoms with Crippen LogP contribution in [0.3, 0.4) is 0 Å². The highest BCUT2D eigenvalue weighted by atomic mass is 16.5. The predicted molar refractivity (Wildman–Crippen MR) is 71.5 cm³/mol. The molecule has 0 saturated heterocycles. The van der Waals surface area contributed by atoms with Gasteiger partial charge >= 0.3 is 0 Å². The van der Waals surface area contributed by atoms with E-state index in [4.69, 9.17) is 10.00 Å². The van der Waals surface area contributed by atoms with Crippen LogP contribution >= 0.6 is 0 Å². The zero-order valence-corrected chi connectivity index (χ0v) is 10.5. The standard InChI is InChI=1S/C14H19BNO/c1-15-10-4-2-3-5-11-17-14-8-6-13(12-16)7-9-14/h6-9H,2-5,10-11H2,1H3. The van der Waals surface area contributed by atoms with E-state index in [2.05, 4.69) is 20.2 Å². The SMILES string of the molecule is C[B]CCCCCCOc1ccc(C#N)cc1. The molecule has 89 valence electrons. The van der Waals surface area contributed by atoms with Gasteiger partial charge in [-0.3, -0.25) is 0 Å². The van der Waals surface area contributed by atoms with Gasteiger partial charge < -0.3 is 4.74 Å². The minimum atomic E-state index is 0.674. The molecule has 17 heavy (non-hydrogen) atoms. The second kappa shape index (κ2) is 8.70. The normalized spacial score (nSPS) is 9.65. The zero-order chi connectivity index (χ0) is 12.3. The van der Waals surface area contributed by atoms with E-state index in [0.29, 0.717) is 5.56 Å². The van der Waals surface area contributed by atoms with Crippen molar-refractivity contribution in [1.82, 2.24) is 0 Å². The fourth-order valence-electron chi connectivity index (χ4n) is 1.62. The first-order valence-electron chi connectivity index (χ1n) is 6.27. The van der Waals surface area contributed by atoms with E-state index in [0.717, 1.165) is 18.8 Å². The van der Waals surface area contributed by atoms with E-state index in [1.807, 2.05) is 12.1 Å². The maximum Gasteiger partial charge on any atom is 0.119 e. The summed E-state index contributed by atoms with van der Waals surface area (Å²) < 4.78 is 5.59. The van der Waals surface area contributed by atoms with Crippen LogP contribution in [0, 0.1) is 11.3 Å². The van der Waals surface area contributed by atoms with Crippen LogP contribution in [0.25, 0.3) is 0 Å². The van der Waals surface area contributed by atoms with Gasteiger partial charge in [-0.2, -0.15) is 5.26 Å². The maximum atomic E-state index is 8.65. The van der Waals surface area contributed by atoms with Crippen molar-refractivity contribution in [3.05, 3.63) is 29.8 Å². The highest BCUT2D eigenvalue weighted by molar-refractivity contribution is 6.33. The number of rotatable bonds is 8. The number of nitrogens with zero attached hydrogens (tertiary/aromatic N) is 1. The van der Waals surface area contributed by atoms with Crippen molar-refractivity contribution >= 4 is 7.28 Å². The van der Waals surface area contributed by atoms with Gasteiger partial charge in [0.05, 0.1) is 18.2 Å². The van der Waals surface area contributed by atoms with Crippen LogP contribution in [0.5, 0.6) is 5.75 Å². The van der Waals surface area contributed by atoms with Gasteiger partial charge in [0.25, 0.3) is 0 Å². The van der Waals surface area contributed by atoms with Crippen LogP contribution in [-0.4, -0.2) is 13.9 Å². The molecule has 3 heteroatoms.